The summed E-state index contributed by atoms with van der Waals surface area (Å²) in [5.41, 5.74) is 7.74. The molecule has 0 aliphatic rings. The summed E-state index contributed by atoms with van der Waals surface area (Å²) in [7, 11) is 0. The minimum atomic E-state index is -0.538. The zero-order chi connectivity index (χ0) is 22.5. The number of para-hydroxylation sites is 1. The maximum Gasteiger partial charge on any atom is 0.305 e. The number of hydrogen-bond acceptors (Lipinski definition) is 5. The smallest absolute Gasteiger partial charge is 0.305 e. The molecule has 0 radical (unpaired) electrons. The van der Waals surface area contributed by atoms with E-state index >= 15 is 0 Å². The molecule has 0 aliphatic carbocycles. The molecule has 7 heteroatoms. The molecule has 0 atom stereocenters. The molecule has 4 aromatic rings. The largest absolute Gasteiger partial charge is 0.489 e. The average Bonchev–Trinajstić information content (AvgIpc) is 3.18. The van der Waals surface area contributed by atoms with Crippen LogP contribution in [0.2, 0.25) is 0 Å². The normalized spacial score (nSPS) is 10.4. The van der Waals surface area contributed by atoms with Crippen LogP contribution in [0.5, 0.6) is 5.75 Å². The van der Waals surface area contributed by atoms with Gasteiger partial charge in [-0.05, 0) is 48.9 Å². The van der Waals surface area contributed by atoms with Crippen molar-refractivity contribution in [2.45, 2.75) is 13.5 Å². The maximum atomic E-state index is 12.5. The number of carbonyl (C=O) groups is 2. The Hall–Kier alpha value is -4.57. The van der Waals surface area contributed by atoms with Crippen LogP contribution < -0.4 is 15.6 Å². The number of nitrogens with one attached hydrogen (secondary N) is 2. The first-order valence-electron chi connectivity index (χ1n) is 9.86. The van der Waals surface area contributed by atoms with Gasteiger partial charge in [0, 0.05) is 16.5 Å². The lowest BCUT2D eigenvalue weighted by molar-refractivity contribution is 0.0831. The van der Waals surface area contributed by atoms with E-state index in [4.69, 9.17) is 14.4 Å². The number of nitriles is 1. The quantitative estimate of drug-likeness (QED) is 0.465. The second-order valence-corrected chi connectivity index (χ2v) is 7.09. The number of aryl methyl sites for hydroxylation is 1. The zero-order valence-corrected chi connectivity index (χ0v) is 17.2. The summed E-state index contributed by atoms with van der Waals surface area (Å²) in [6.45, 7) is 2.01. The summed E-state index contributed by atoms with van der Waals surface area (Å²) < 4.78 is 11.3. The van der Waals surface area contributed by atoms with E-state index in [1.165, 1.54) is 0 Å². The zero-order valence-electron chi connectivity index (χ0n) is 17.2. The van der Waals surface area contributed by atoms with Gasteiger partial charge < -0.3 is 9.15 Å². The van der Waals surface area contributed by atoms with Gasteiger partial charge >= 0.3 is 5.91 Å². The molecule has 0 saturated carbocycles. The molecule has 0 aliphatic heterocycles. The van der Waals surface area contributed by atoms with Gasteiger partial charge in [0.25, 0.3) is 5.91 Å². The van der Waals surface area contributed by atoms with Gasteiger partial charge in [0.1, 0.15) is 17.9 Å². The van der Waals surface area contributed by atoms with Crippen LogP contribution in [0, 0.1) is 18.3 Å². The number of hydrogen-bond donors (Lipinski definition) is 2. The van der Waals surface area contributed by atoms with E-state index in [0.29, 0.717) is 28.0 Å². The minimum absolute atomic E-state index is 0.147. The first kappa shape index (κ1) is 20.7. The second kappa shape index (κ2) is 9.06. The van der Waals surface area contributed by atoms with E-state index in [1.54, 1.807) is 55.5 Å². The van der Waals surface area contributed by atoms with Crippen molar-refractivity contribution < 1.29 is 18.7 Å². The van der Waals surface area contributed by atoms with Crippen LogP contribution in [-0.4, -0.2) is 11.8 Å². The average molecular weight is 425 g/mol. The standard InChI is InChI=1S/C25H19N3O4/c1-16-21-10-2-3-11-22(21)32-23(16)25(30)28-27-24(29)19-8-4-7-18(12-19)15-31-20-9-5-6-17(13-20)14-26/h2-13H,15H2,1H3,(H,27,29)(H,28,30). The Balaban J connectivity index is 1.38. The molecule has 7 nitrogen and oxygen atoms in total. The Morgan fingerprint density at radius 3 is 2.56 bits per heavy atom. The molecule has 2 amide bonds. The predicted octanol–water partition coefficient (Wildman–Crippen LogP) is 4.27. The molecule has 32 heavy (non-hydrogen) atoms. The third kappa shape index (κ3) is 4.45. The van der Waals surface area contributed by atoms with Crippen molar-refractivity contribution in [2.75, 3.05) is 0 Å². The van der Waals surface area contributed by atoms with E-state index in [1.807, 2.05) is 24.3 Å². The van der Waals surface area contributed by atoms with Gasteiger partial charge in [-0.2, -0.15) is 5.26 Å². The Morgan fingerprint density at radius 2 is 1.75 bits per heavy atom. The van der Waals surface area contributed by atoms with Crippen LogP contribution in [0.1, 0.15) is 37.6 Å². The Bertz CT molecular complexity index is 1350. The fourth-order valence-corrected chi connectivity index (χ4v) is 3.26. The van der Waals surface area contributed by atoms with E-state index in [0.717, 1.165) is 10.9 Å². The van der Waals surface area contributed by atoms with Crippen molar-refractivity contribution in [1.82, 2.24) is 10.9 Å². The van der Waals surface area contributed by atoms with Gasteiger partial charge in [-0.25, -0.2) is 0 Å². The summed E-state index contributed by atoms with van der Waals surface area (Å²) in [5.74, 6) is -0.301. The molecular formula is C25H19N3O4. The van der Waals surface area contributed by atoms with Gasteiger partial charge in [-0.1, -0.05) is 36.4 Å². The van der Waals surface area contributed by atoms with Crippen molar-refractivity contribution in [3.05, 3.63) is 101 Å². The van der Waals surface area contributed by atoms with Gasteiger partial charge in [-0.3, -0.25) is 20.4 Å². The molecule has 2 N–H and O–H groups in total. The predicted molar refractivity (Wildman–Crippen MR) is 118 cm³/mol. The van der Waals surface area contributed by atoms with Gasteiger partial charge in [0.2, 0.25) is 0 Å². The summed E-state index contributed by atoms with van der Waals surface area (Å²) in [5, 5.41) is 9.82. The molecular weight excluding hydrogens is 406 g/mol. The Kier molecular flexibility index (Phi) is 5.86. The SMILES string of the molecule is Cc1c(C(=O)NNC(=O)c2cccc(COc3cccc(C#N)c3)c2)oc2ccccc12. The number of rotatable bonds is 5. The van der Waals surface area contributed by atoms with Crippen LogP contribution in [0.3, 0.4) is 0 Å². The summed E-state index contributed by atoms with van der Waals surface area (Å²) in [6.07, 6.45) is 0. The second-order valence-electron chi connectivity index (χ2n) is 7.09. The number of benzene rings is 3. The number of carbonyl (C=O) groups excluding carboxylic acids is 2. The molecule has 0 fully saturated rings. The molecule has 0 saturated heterocycles. The van der Waals surface area contributed by atoms with Crippen molar-refractivity contribution in [2.24, 2.45) is 0 Å². The first-order chi connectivity index (χ1) is 15.5. The first-order valence-corrected chi connectivity index (χ1v) is 9.86. The number of furan rings is 1. The van der Waals surface area contributed by atoms with E-state index < -0.39 is 11.8 Å². The number of nitrogens with zero attached hydrogens (tertiary/aromatic N) is 1. The molecule has 1 heterocycles. The topological polar surface area (TPSA) is 104 Å². The summed E-state index contributed by atoms with van der Waals surface area (Å²) in [6, 6.07) is 23.1. The third-order valence-corrected chi connectivity index (χ3v) is 4.90. The number of amides is 2. The highest BCUT2D eigenvalue weighted by atomic mass is 16.5. The maximum absolute atomic E-state index is 12.5. The lowest BCUT2D eigenvalue weighted by Crippen LogP contribution is -2.41. The molecule has 158 valence electrons. The van der Waals surface area contributed by atoms with Crippen LogP contribution in [-0.2, 0) is 6.61 Å². The molecule has 0 spiro atoms. The number of hydrazine groups is 1. The highest BCUT2D eigenvalue weighted by molar-refractivity contribution is 6.01. The van der Waals surface area contributed by atoms with E-state index in [9.17, 15) is 9.59 Å². The molecule has 0 unspecified atom stereocenters. The molecule has 4 rings (SSSR count). The Morgan fingerprint density at radius 1 is 0.969 bits per heavy atom. The third-order valence-electron chi connectivity index (χ3n) is 4.90. The van der Waals surface area contributed by atoms with Gasteiger partial charge in [0.05, 0.1) is 11.6 Å². The van der Waals surface area contributed by atoms with Crippen LogP contribution in [0.15, 0.2) is 77.2 Å². The highest BCUT2D eigenvalue weighted by Crippen LogP contribution is 2.24. The molecule has 0 bridgehead atoms. The summed E-state index contributed by atoms with van der Waals surface area (Å²) >= 11 is 0. The lowest BCUT2D eigenvalue weighted by atomic mass is 10.1. The van der Waals surface area contributed by atoms with Crippen LogP contribution in [0.25, 0.3) is 11.0 Å². The fourth-order valence-electron chi connectivity index (χ4n) is 3.26. The van der Waals surface area contributed by atoms with Gasteiger partial charge in [0.15, 0.2) is 5.76 Å². The minimum Gasteiger partial charge on any atom is -0.489 e. The van der Waals surface area contributed by atoms with Crippen LogP contribution in [0.4, 0.5) is 0 Å². The highest BCUT2D eigenvalue weighted by Gasteiger charge is 2.18. The van der Waals surface area contributed by atoms with Crippen molar-refractivity contribution in [3.63, 3.8) is 0 Å². The van der Waals surface area contributed by atoms with Gasteiger partial charge in [-0.15, -0.1) is 0 Å². The number of fused-ring (bicyclic) bond motifs is 1. The van der Waals surface area contributed by atoms with Crippen molar-refractivity contribution in [1.29, 1.82) is 5.26 Å². The van der Waals surface area contributed by atoms with Crippen molar-refractivity contribution >= 4 is 22.8 Å². The molecule has 3 aromatic carbocycles. The van der Waals surface area contributed by atoms with Crippen molar-refractivity contribution in [3.8, 4) is 11.8 Å². The lowest BCUT2D eigenvalue weighted by Gasteiger charge is -2.09. The fraction of sp³-hybridized carbons (Fsp3) is 0.0800. The molecule has 1 aromatic heterocycles. The van der Waals surface area contributed by atoms with E-state index in [-0.39, 0.29) is 12.4 Å². The number of ether oxygens (including phenoxy) is 1. The summed E-state index contributed by atoms with van der Waals surface area (Å²) in [4.78, 5) is 25.0. The van der Waals surface area contributed by atoms with E-state index in [2.05, 4.69) is 16.9 Å². The Labute approximate surface area is 184 Å². The monoisotopic (exact) mass is 425 g/mol. The van der Waals surface area contributed by atoms with Crippen LogP contribution >= 0.6 is 0 Å².